The number of benzene rings is 2. The van der Waals surface area contributed by atoms with Crippen molar-refractivity contribution in [2.45, 2.75) is 52.2 Å². The maximum Gasteiger partial charge on any atom is 0.251 e. The molecule has 1 heterocycles. The lowest BCUT2D eigenvalue weighted by molar-refractivity contribution is 0.0950. The van der Waals surface area contributed by atoms with E-state index >= 15 is 0 Å². The van der Waals surface area contributed by atoms with Crippen molar-refractivity contribution in [1.82, 2.24) is 5.32 Å². The Bertz CT molecular complexity index is 898. The number of hydrogen-bond donors (Lipinski definition) is 2. The molecule has 174 valence electrons. The van der Waals surface area contributed by atoms with E-state index < -0.39 is 0 Å². The number of halogens is 1. The Morgan fingerprint density at radius 1 is 1.12 bits per heavy atom. The number of nitrogens with one attached hydrogen (secondary N) is 1. The lowest BCUT2D eigenvalue weighted by Gasteiger charge is -2.31. The van der Waals surface area contributed by atoms with Gasteiger partial charge in [0.2, 0.25) is 0 Å². The summed E-state index contributed by atoms with van der Waals surface area (Å²) < 4.78 is 26.0. The van der Waals surface area contributed by atoms with Crippen LogP contribution >= 0.6 is 0 Å². The zero-order valence-electron chi connectivity index (χ0n) is 18.9. The lowest BCUT2D eigenvalue weighted by Crippen LogP contribution is -2.36. The van der Waals surface area contributed by atoms with Crippen LogP contribution in [-0.4, -0.2) is 43.4 Å². The summed E-state index contributed by atoms with van der Waals surface area (Å²) in [5.74, 6) is 0.582. The Morgan fingerprint density at radius 3 is 2.59 bits per heavy atom. The lowest BCUT2D eigenvalue weighted by atomic mass is 10.1. The highest BCUT2D eigenvalue weighted by Gasteiger charge is 2.20. The molecule has 1 aliphatic heterocycles. The third kappa shape index (κ3) is 6.36. The van der Waals surface area contributed by atoms with E-state index in [1.54, 1.807) is 24.3 Å². The van der Waals surface area contributed by atoms with Crippen molar-refractivity contribution in [2.24, 2.45) is 0 Å². The van der Waals surface area contributed by atoms with Gasteiger partial charge in [0, 0.05) is 25.2 Å². The molecule has 1 fully saturated rings. The smallest absolute Gasteiger partial charge is 0.251 e. The van der Waals surface area contributed by atoms with Crippen LogP contribution in [0.1, 0.15) is 55.5 Å². The highest BCUT2D eigenvalue weighted by molar-refractivity contribution is 5.94. The normalized spacial score (nSPS) is 14.3. The maximum absolute atomic E-state index is 14.6. The number of carbonyl (C=O) groups excluding carboxylic acids is 1. The molecule has 0 unspecified atom stereocenters. The Kier molecular flexibility index (Phi) is 8.73. The van der Waals surface area contributed by atoms with Crippen molar-refractivity contribution in [3.63, 3.8) is 0 Å². The van der Waals surface area contributed by atoms with E-state index in [0.717, 1.165) is 12.8 Å². The highest BCUT2D eigenvalue weighted by atomic mass is 19.1. The SMILES string of the molecule is CCCCOc1ccc(C(=O)NCc2ccc(N3CCC(O)CC3)c(F)c2)cc1OCC. The van der Waals surface area contributed by atoms with Gasteiger partial charge < -0.3 is 24.8 Å². The molecule has 1 aliphatic rings. The summed E-state index contributed by atoms with van der Waals surface area (Å²) >= 11 is 0. The number of anilines is 1. The standard InChI is InChI=1S/C25H33FN2O4/c1-3-5-14-32-23-9-7-19(16-24(23)31-4-2)25(30)27-17-18-6-8-22(21(26)15-18)28-12-10-20(29)11-13-28/h6-9,15-16,20,29H,3-5,10-14,17H2,1-2H3,(H,27,30). The van der Waals surface area contributed by atoms with E-state index in [2.05, 4.69) is 12.2 Å². The van der Waals surface area contributed by atoms with Gasteiger partial charge in [-0.05, 0) is 62.1 Å². The van der Waals surface area contributed by atoms with Gasteiger partial charge in [0.15, 0.2) is 11.5 Å². The molecule has 3 rings (SSSR count). The summed E-state index contributed by atoms with van der Waals surface area (Å²) in [4.78, 5) is 14.6. The highest BCUT2D eigenvalue weighted by Crippen LogP contribution is 2.29. The van der Waals surface area contributed by atoms with Crippen LogP contribution in [0.5, 0.6) is 11.5 Å². The molecular weight excluding hydrogens is 411 g/mol. The summed E-state index contributed by atoms with van der Waals surface area (Å²) in [6, 6.07) is 10.1. The first-order valence-corrected chi connectivity index (χ1v) is 11.4. The van der Waals surface area contributed by atoms with Gasteiger partial charge in [-0.25, -0.2) is 4.39 Å². The minimum absolute atomic E-state index is 0.216. The third-order valence-corrected chi connectivity index (χ3v) is 5.53. The Hall–Kier alpha value is -2.80. The molecule has 1 saturated heterocycles. The van der Waals surface area contributed by atoms with Crippen LogP contribution in [-0.2, 0) is 6.54 Å². The van der Waals surface area contributed by atoms with Crippen LogP contribution in [0.2, 0.25) is 0 Å². The van der Waals surface area contributed by atoms with Gasteiger partial charge in [0.25, 0.3) is 5.91 Å². The molecule has 2 aromatic rings. The zero-order valence-corrected chi connectivity index (χ0v) is 18.9. The number of nitrogens with zero attached hydrogens (tertiary/aromatic N) is 1. The topological polar surface area (TPSA) is 71.0 Å². The first-order valence-electron chi connectivity index (χ1n) is 11.4. The molecule has 0 aliphatic carbocycles. The fourth-order valence-corrected chi connectivity index (χ4v) is 3.67. The summed E-state index contributed by atoms with van der Waals surface area (Å²) in [7, 11) is 0. The molecule has 7 heteroatoms. The Balaban J connectivity index is 1.61. The van der Waals surface area contributed by atoms with Crippen molar-refractivity contribution in [2.75, 3.05) is 31.2 Å². The van der Waals surface area contributed by atoms with Crippen molar-refractivity contribution in [3.8, 4) is 11.5 Å². The predicted molar refractivity (Wildman–Crippen MR) is 123 cm³/mol. The molecule has 6 nitrogen and oxygen atoms in total. The maximum atomic E-state index is 14.6. The second kappa shape index (κ2) is 11.7. The molecular formula is C25H33FN2O4. The van der Waals surface area contributed by atoms with Crippen molar-refractivity contribution in [1.29, 1.82) is 0 Å². The predicted octanol–water partition coefficient (Wildman–Crippen LogP) is 4.29. The second-order valence-electron chi connectivity index (χ2n) is 7.98. The summed E-state index contributed by atoms with van der Waals surface area (Å²) in [6.07, 6.45) is 2.96. The average Bonchev–Trinajstić information content (AvgIpc) is 2.79. The van der Waals surface area contributed by atoms with Gasteiger partial charge >= 0.3 is 0 Å². The van der Waals surface area contributed by atoms with Gasteiger partial charge in [0.05, 0.1) is 25.0 Å². The molecule has 1 amide bonds. The number of amides is 1. The van der Waals surface area contributed by atoms with Gasteiger partial charge in [-0.15, -0.1) is 0 Å². The third-order valence-electron chi connectivity index (χ3n) is 5.53. The summed E-state index contributed by atoms with van der Waals surface area (Å²) in [5.41, 5.74) is 1.67. The van der Waals surface area contributed by atoms with E-state index in [9.17, 15) is 14.3 Å². The fraction of sp³-hybridized carbons (Fsp3) is 0.480. The average molecular weight is 445 g/mol. The summed E-state index contributed by atoms with van der Waals surface area (Å²) in [6.45, 7) is 6.53. The number of hydrogen-bond acceptors (Lipinski definition) is 5. The second-order valence-corrected chi connectivity index (χ2v) is 7.98. The monoisotopic (exact) mass is 444 g/mol. The van der Waals surface area contributed by atoms with E-state index in [4.69, 9.17) is 9.47 Å². The molecule has 0 aromatic heterocycles. The fourth-order valence-electron chi connectivity index (χ4n) is 3.67. The molecule has 0 radical (unpaired) electrons. The van der Waals surface area contributed by atoms with Gasteiger partial charge in [-0.3, -0.25) is 4.79 Å². The van der Waals surface area contributed by atoms with Crippen LogP contribution in [0.25, 0.3) is 0 Å². The van der Waals surface area contributed by atoms with Gasteiger partial charge in [0.1, 0.15) is 5.82 Å². The summed E-state index contributed by atoms with van der Waals surface area (Å²) in [5, 5.41) is 12.5. The zero-order chi connectivity index (χ0) is 22.9. The molecule has 2 N–H and O–H groups in total. The molecule has 2 aromatic carbocycles. The minimum atomic E-state index is -0.319. The molecule has 32 heavy (non-hydrogen) atoms. The molecule has 0 spiro atoms. The van der Waals surface area contributed by atoms with Crippen molar-refractivity contribution < 1.29 is 23.8 Å². The van der Waals surface area contributed by atoms with Crippen LogP contribution in [0.15, 0.2) is 36.4 Å². The van der Waals surface area contributed by atoms with E-state index in [1.807, 2.05) is 17.9 Å². The van der Waals surface area contributed by atoms with Crippen LogP contribution in [0.3, 0.4) is 0 Å². The Morgan fingerprint density at radius 2 is 1.91 bits per heavy atom. The first kappa shape index (κ1) is 23.9. The molecule has 0 bridgehead atoms. The van der Waals surface area contributed by atoms with Crippen molar-refractivity contribution >= 4 is 11.6 Å². The number of piperidine rings is 1. The Labute approximate surface area is 189 Å². The van der Waals surface area contributed by atoms with Crippen molar-refractivity contribution in [3.05, 3.63) is 53.3 Å². The van der Waals surface area contributed by atoms with Crippen LogP contribution in [0.4, 0.5) is 10.1 Å². The van der Waals surface area contributed by atoms with E-state index in [0.29, 0.717) is 67.5 Å². The number of ether oxygens (including phenoxy) is 2. The quantitative estimate of drug-likeness (QED) is 0.535. The molecule has 0 saturated carbocycles. The number of carbonyl (C=O) groups is 1. The largest absolute Gasteiger partial charge is 0.490 e. The van der Waals surface area contributed by atoms with E-state index in [1.165, 1.54) is 6.07 Å². The van der Waals surface area contributed by atoms with E-state index in [-0.39, 0.29) is 24.4 Å². The number of aliphatic hydroxyl groups excluding tert-OH is 1. The number of aliphatic hydroxyl groups is 1. The first-order chi connectivity index (χ1) is 15.5. The van der Waals surface area contributed by atoms with Gasteiger partial charge in [-0.2, -0.15) is 0 Å². The molecule has 0 atom stereocenters. The van der Waals surface area contributed by atoms with Gasteiger partial charge in [-0.1, -0.05) is 19.4 Å². The number of unbranched alkanes of at least 4 members (excludes halogenated alkanes) is 1. The minimum Gasteiger partial charge on any atom is -0.490 e. The number of rotatable bonds is 10. The van der Waals surface area contributed by atoms with Crippen LogP contribution < -0.4 is 19.7 Å². The van der Waals surface area contributed by atoms with Crippen LogP contribution in [0, 0.1) is 5.82 Å².